The van der Waals surface area contributed by atoms with E-state index in [9.17, 15) is 34.4 Å². The van der Waals surface area contributed by atoms with E-state index < -0.39 is 28.0 Å². The maximum Gasteiger partial charge on any atom is 0.335 e. The van der Waals surface area contributed by atoms with E-state index in [2.05, 4.69) is 16.0 Å². The van der Waals surface area contributed by atoms with E-state index >= 15 is 0 Å². The SMILES string of the molecule is O=C(Nc1ccc(SC(C(=O)Nc2cccc(C(=O)O)c2)c2ccccc2)cc1)/C(=C/c1ccccc1[N+](=O)[O-])NC(=O)c1ccccc1. The molecule has 5 rings (SSSR count). The summed E-state index contributed by atoms with van der Waals surface area (Å²) in [5, 5.41) is 28.3. The van der Waals surface area contributed by atoms with E-state index in [4.69, 9.17) is 0 Å². The number of para-hydroxylation sites is 1. The van der Waals surface area contributed by atoms with Crippen molar-refractivity contribution >= 4 is 58.6 Å². The van der Waals surface area contributed by atoms with Gasteiger partial charge in [-0.3, -0.25) is 24.5 Å². The van der Waals surface area contributed by atoms with Crippen molar-refractivity contribution in [2.45, 2.75) is 10.1 Å². The molecule has 5 aromatic carbocycles. The van der Waals surface area contributed by atoms with E-state index in [0.717, 1.165) is 5.56 Å². The highest BCUT2D eigenvalue weighted by Gasteiger charge is 2.23. The Bertz CT molecular complexity index is 2040. The van der Waals surface area contributed by atoms with Gasteiger partial charge in [-0.1, -0.05) is 66.7 Å². The van der Waals surface area contributed by atoms with Crippen LogP contribution in [0.2, 0.25) is 0 Å². The Morgan fingerprint density at radius 3 is 2.02 bits per heavy atom. The van der Waals surface area contributed by atoms with Crippen molar-refractivity contribution in [3.8, 4) is 0 Å². The summed E-state index contributed by atoms with van der Waals surface area (Å²) in [7, 11) is 0. The molecule has 1 atom stereocenters. The lowest BCUT2D eigenvalue weighted by molar-refractivity contribution is -0.385. The lowest BCUT2D eigenvalue weighted by Crippen LogP contribution is -2.30. The number of amides is 3. The Balaban J connectivity index is 1.36. The number of anilines is 2. The molecular weight excluding hydrogens is 644 g/mol. The molecule has 0 heterocycles. The minimum Gasteiger partial charge on any atom is -0.478 e. The molecule has 4 N–H and O–H groups in total. The molecule has 0 saturated carbocycles. The number of rotatable bonds is 12. The number of carbonyl (C=O) groups excluding carboxylic acids is 3. The molecule has 0 aliphatic carbocycles. The van der Waals surface area contributed by atoms with Crippen molar-refractivity contribution in [3.05, 3.63) is 172 Å². The van der Waals surface area contributed by atoms with E-state index in [1.807, 2.05) is 30.3 Å². The summed E-state index contributed by atoms with van der Waals surface area (Å²) >= 11 is 1.25. The minimum absolute atomic E-state index is 0.0407. The Kier molecular flexibility index (Phi) is 10.9. The molecule has 11 nitrogen and oxygen atoms in total. The molecule has 0 saturated heterocycles. The summed E-state index contributed by atoms with van der Waals surface area (Å²) in [6.45, 7) is 0. The van der Waals surface area contributed by atoms with Crippen LogP contribution in [0.25, 0.3) is 6.08 Å². The van der Waals surface area contributed by atoms with Crippen molar-refractivity contribution < 1.29 is 29.2 Å². The van der Waals surface area contributed by atoms with Crippen LogP contribution in [0.3, 0.4) is 0 Å². The highest BCUT2D eigenvalue weighted by atomic mass is 32.2. The van der Waals surface area contributed by atoms with Crippen molar-refractivity contribution in [1.82, 2.24) is 5.32 Å². The zero-order valence-electron chi connectivity index (χ0n) is 25.6. The second-order valence-electron chi connectivity index (χ2n) is 10.5. The molecule has 0 aliphatic rings. The third-order valence-corrected chi connectivity index (χ3v) is 8.31. The molecule has 12 heteroatoms. The highest BCUT2D eigenvalue weighted by Crippen LogP contribution is 2.37. The Labute approximate surface area is 284 Å². The van der Waals surface area contributed by atoms with Gasteiger partial charge in [-0.2, -0.15) is 0 Å². The number of benzene rings is 5. The van der Waals surface area contributed by atoms with Crippen LogP contribution in [0.4, 0.5) is 17.1 Å². The van der Waals surface area contributed by atoms with Gasteiger partial charge in [-0.05, 0) is 72.3 Å². The topological polar surface area (TPSA) is 168 Å². The van der Waals surface area contributed by atoms with Gasteiger partial charge in [-0.25, -0.2) is 4.79 Å². The van der Waals surface area contributed by atoms with Gasteiger partial charge < -0.3 is 21.1 Å². The summed E-state index contributed by atoms with van der Waals surface area (Å²) in [5.41, 5.74) is 1.42. The zero-order valence-corrected chi connectivity index (χ0v) is 26.4. The average Bonchev–Trinajstić information content (AvgIpc) is 3.11. The van der Waals surface area contributed by atoms with E-state index in [1.54, 1.807) is 72.8 Å². The normalized spacial score (nSPS) is 11.6. The molecule has 0 bridgehead atoms. The van der Waals surface area contributed by atoms with Gasteiger partial charge in [0.05, 0.1) is 16.1 Å². The third kappa shape index (κ3) is 9.05. The van der Waals surface area contributed by atoms with Crippen LogP contribution in [0, 0.1) is 10.1 Å². The Morgan fingerprint density at radius 1 is 0.714 bits per heavy atom. The fraction of sp³-hybridized carbons (Fsp3) is 0.0270. The number of aromatic carboxylic acids is 1. The number of thioether (sulfide) groups is 1. The predicted octanol–water partition coefficient (Wildman–Crippen LogP) is 7.17. The first-order valence-electron chi connectivity index (χ1n) is 14.8. The molecule has 49 heavy (non-hydrogen) atoms. The number of nitro groups is 1. The molecule has 244 valence electrons. The molecular formula is C37H28N4O7S. The van der Waals surface area contributed by atoms with E-state index in [-0.39, 0.29) is 34.0 Å². The lowest BCUT2D eigenvalue weighted by atomic mass is 10.1. The molecule has 0 fully saturated rings. The summed E-state index contributed by atoms with van der Waals surface area (Å²) in [4.78, 5) is 63.1. The molecule has 0 spiro atoms. The van der Waals surface area contributed by atoms with Crippen molar-refractivity contribution in [1.29, 1.82) is 0 Å². The summed E-state index contributed by atoms with van der Waals surface area (Å²) < 4.78 is 0. The zero-order chi connectivity index (χ0) is 34.8. The highest BCUT2D eigenvalue weighted by molar-refractivity contribution is 8.00. The van der Waals surface area contributed by atoms with E-state index in [1.165, 1.54) is 48.2 Å². The number of nitro benzene ring substituents is 1. The number of hydrogen-bond acceptors (Lipinski definition) is 7. The second-order valence-corrected chi connectivity index (χ2v) is 11.6. The number of carboxylic acids is 1. The van der Waals surface area contributed by atoms with Crippen LogP contribution in [-0.4, -0.2) is 33.7 Å². The fourth-order valence-corrected chi connectivity index (χ4v) is 5.69. The smallest absolute Gasteiger partial charge is 0.335 e. The van der Waals surface area contributed by atoms with Crippen LogP contribution in [0.15, 0.2) is 144 Å². The van der Waals surface area contributed by atoms with Crippen LogP contribution in [-0.2, 0) is 9.59 Å². The lowest BCUT2D eigenvalue weighted by Gasteiger charge is -2.18. The van der Waals surface area contributed by atoms with Gasteiger partial charge in [0.15, 0.2) is 0 Å². The monoisotopic (exact) mass is 672 g/mol. The third-order valence-electron chi connectivity index (χ3n) is 7.05. The van der Waals surface area contributed by atoms with Gasteiger partial charge in [0.25, 0.3) is 17.5 Å². The Hall–Kier alpha value is -6.53. The number of nitrogens with zero attached hydrogens (tertiary/aromatic N) is 1. The molecule has 1 unspecified atom stereocenters. The van der Waals surface area contributed by atoms with Gasteiger partial charge in [0.1, 0.15) is 10.9 Å². The van der Waals surface area contributed by atoms with Crippen LogP contribution in [0.1, 0.15) is 37.1 Å². The van der Waals surface area contributed by atoms with Gasteiger partial charge >= 0.3 is 5.97 Å². The average molecular weight is 673 g/mol. The minimum atomic E-state index is -1.11. The molecule has 0 aromatic heterocycles. The molecule has 3 amide bonds. The molecule has 0 aliphatic heterocycles. The van der Waals surface area contributed by atoms with Crippen LogP contribution in [0.5, 0.6) is 0 Å². The van der Waals surface area contributed by atoms with Crippen molar-refractivity contribution in [2.75, 3.05) is 10.6 Å². The van der Waals surface area contributed by atoms with Gasteiger partial charge in [0.2, 0.25) is 5.91 Å². The van der Waals surface area contributed by atoms with E-state index in [0.29, 0.717) is 16.3 Å². The van der Waals surface area contributed by atoms with Crippen molar-refractivity contribution in [2.24, 2.45) is 0 Å². The molecule has 0 radical (unpaired) electrons. The quantitative estimate of drug-likeness (QED) is 0.0468. The summed E-state index contributed by atoms with van der Waals surface area (Å²) in [6.07, 6.45) is 1.24. The predicted molar refractivity (Wildman–Crippen MR) is 187 cm³/mol. The number of hydrogen-bond donors (Lipinski definition) is 4. The first-order valence-corrected chi connectivity index (χ1v) is 15.6. The number of carbonyl (C=O) groups is 4. The standard InChI is InChI=1S/C37H28N4O7S/c42-34(25-12-5-2-6-13-25)40-31(23-26-14-7-8-17-32(26)41(47)48)35(43)38-28-18-20-30(21-19-28)49-33(24-10-3-1-4-11-24)36(44)39-29-16-9-15-27(22-29)37(45)46/h1-23,33H,(H,38,43)(H,39,44)(H,40,42)(H,45,46)/b31-23-. The van der Waals surface area contributed by atoms with Crippen molar-refractivity contribution in [3.63, 3.8) is 0 Å². The number of carboxylic acid groups (broad SMARTS) is 1. The van der Waals surface area contributed by atoms with Crippen LogP contribution < -0.4 is 16.0 Å². The largest absolute Gasteiger partial charge is 0.478 e. The number of nitrogens with one attached hydrogen (secondary N) is 3. The van der Waals surface area contributed by atoms with Gasteiger partial charge in [0, 0.05) is 27.9 Å². The van der Waals surface area contributed by atoms with Gasteiger partial charge in [-0.15, -0.1) is 11.8 Å². The first kappa shape index (κ1) is 33.8. The first-order chi connectivity index (χ1) is 23.7. The molecule has 5 aromatic rings. The maximum atomic E-state index is 13.5. The second kappa shape index (κ2) is 15.8. The summed E-state index contributed by atoms with van der Waals surface area (Å²) in [6, 6.07) is 35.8. The summed E-state index contributed by atoms with van der Waals surface area (Å²) in [5.74, 6) is -2.77. The maximum absolute atomic E-state index is 13.5. The Morgan fingerprint density at radius 2 is 1.35 bits per heavy atom. The van der Waals surface area contributed by atoms with Crippen LogP contribution >= 0.6 is 11.8 Å². The fourth-order valence-electron chi connectivity index (χ4n) is 4.66.